The third-order valence-corrected chi connectivity index (χ3v) is 5.19. The average molecular weight is 355 g/mol. The van der Waals surface area contributed by atoms with Crippen molar-refractivity contribution >= 4 is 11.9 Å². The van der Waals surface area contributed by atoms with Crippen molar-refractivity contribution in [3.63, 3.8) is 0 Å². The first kappa shape index (κ1) is 22.0. The minimum atomic E-state index is -0.309. The van der Waals surface area contributed by atoms with Crippen molar-refractivity contribution in [2.75, 3.05) is 13.2 Å². The van der Waals surface area contributed by atoms with E-state index < -0.39 is 0 Å². The Hall–Kier alpha value is -1.06. The van der Waals surface area contributed by atoms with Crippen molar-refractivity contribution < 1.29 is 19.1 Å². The van der Waals surface area contributed by atoms with Crippen LogP contribution in [0, 0.1) is 17.8 Å². The Morgan fingerprint density at radius 2 is 1.48 bits per heavy atom. The van der Waals surface area contributed by atoms with Crippen LogP contribution in [-0.2, 0) is 19.1 Å². The van der Waals surface area contributed by atoms with Crippen molar-refractivity contribution in [3.8, 4) is 0 Å². The Labute approximate surface area is 154 Å². The minimum Gasteiger partial charge on any atom is -0.465 e. The average Bonchev–Trinajstić information content (AvgIpc) is 2.64. The van der Waals surface area contributed by atoms with Crippen LogP contribution in [0.15, 0.2) is 0 Å². The van der Waals surface area contributed by atoms with E-state index in [-0.39, 0.29) is 23.8 Å². The number of hydrogen-bond donors (Lipinski definition) is 0. The van der Waals surface area contributed by atoms with Crippen LogP contribution in [0.25, 0.3) is 0 Å². The molecule has 0 aromatic heterocycles. The predicted molar refractivity (Wildman–Crippen MR) is 100 cm³/mol. The first-order chi connectivity index (χ1) is 12.1. The maximum atomic E-state index is 12.6. The van der Waals surface area contributed by atoms with Gasteiger partial charge in [0.15, 0.2) is 0 Å². The summed E-state index contributed by atoms with van der Waals surface area (Å²) >= 11 is 0. The molecule has 0 heterocycles. The van der Waals surface area contributed by atoms with Crippen LogP contribution in [0.2, 0.25) is 0 Å². The molecule has 0 N–H and O–H groups in total. The zero-order valence-electron chi connectivity index (χ0n) is 16.6. The second kappa shape index (κ2) is 13.2. The Bertz CT molecular complexity index is 380. The van der Waals surface area contributed by atoms with Crippen molar-refractivity contribution in [1.29, 1.82) is 0 Å². The molecule has 0 saturated heterocycles. The van der Waals surface area contributed by atoms with Gasteiger partial charge in [-0.3, -0.25) is 9.59 Å². The molecular weight excluding hydrogens is 316 g/mol. The molecule has 0 bridgehead atoms. The van der Waals surface area contributed by atoms with Gasteiger partial charge in [-0.1, -0.05) is 59.3 Å². The number of rotatable bonds is 12. The van der Waals surface area contributed by atoms with E-state index in [0.717, 1.165) is 51.4 Å². The topological polar surface area (TPSA) is 52.6 Å². The van der Waals surface area contributed by atoms with E-state index >= 15 is 0 Å². The molecule has 146 valence electrons. The highest BCUT2D eigenvalue weighted by Gasteiger charge is 2.38. The fourth-order valence-corrected chi connectivity index (χ4v) is 3.71. The fourth-order valence-electron chi connectivity index (χ4n) is 3.71. The molecule has 0 aromatic rings. The van der Waals surface area contributed by atoms with Gasteiger partial charge in [0.2, 0.25) is 0 Å². The highest BCUT2D eigenvalue weighted by Crippen LogP contribution is 2.32. The van der Waals surface area contributed by atoms with Crippen molar-refractivity contribution in [1.82, 2.24) is 0 Å². The summed E-state index contributed by atoms with van der Waals surface area (Å²) in [5.41, 5.74) is 0. The lowest BCUT2D eigenvalue weighted by Gasteiger charge is -2.29. The number of carbonyl (C=O) groups is 2. The minimum absolute atomic E-state index is 0.185. The first-order valence-corrected chi connectivity index (χ1v) is 10.5. The number of carbonyl (C=O) groups excluding carboxylic acids is 2. The van der Waals surface area contributed by atoms with Crippen LogP contribution in [0.5, 0.6) is 0 Å². The van der Waals surface area contributed by atoms with Gasteiger partial charge in [0.1, 0.15) is 0 Å². The van der Waals surface area contributed by atoms with Crippen molar-refractivity contribution in [3.05, 3.63) is 0 Å². The Kier molecular flexibility index (Phi) is 11.6. The maximum Gasteiger partial charge on any atom is 0.309 e. The van der Waals surface area contributed by atoms with Crippen LogP contribution in [-0.4, -0.2) is 25.2 Å². The molecular formula is C21H38O4. The number of esters is 2. The first-order valence-electron chi connectivity index (χ1n) is 10.5. The summed E-state index contributed by atoms with van der Waals surface area (Å²) in [6.07, 6.45) is 11.3. The number of hydrogen-bond acceptors (Lipinski definition) is 4. The molecule has 3 unspecified atom stereocenters. The van der Waals surface area contributed by atoms with Crippen molar-refractivity contribution in [2.45, 2.75) is 91.4 Å². The van der Waals surface area contributed by atoms with Gasteiger partial charge in [-0.05, 0) is 38.0 Å². The van der Waals surface area contributed by atoms with E-state index in [9.17, 15) is 9.59 Å². The SMILES string of the molecule is CCCCCC(CCC)COC(=O)C1CCCCC1C(=O)OCCC. The highest BCUT2D eigenvalue weighted by atomic mass is 16.5. The molecule has 4 nitrogen and oxygen atoms in total. The third kappa shape index (κ3) is 8.24. The smallest absolute Gasteiger partial charge is 0.309 e. The summed E-state index contributed by atoms with van der Waals surface area (Å²) in [5.74, 6) is -0.561. The molecule has 25 heavy (non-hydrogen) atoms. The van der Waals surface area contributed by atoms with Gasteiger partial charge in [0.05, 0.1) is 25.0 Å². The highest BCUT2D eigenvalue weighted by molar-refractivity contribution is 5.82. The summed E-state index contributed by atoms with van der Waals surface area (Å²) in [6, 6.07) is 0. The van der Waals surface area contributed by atoms with Gasteiger partial charge in [0, 0.05) is 0 Å². The van der Waals surface area contributed by atoms with Gasteiger partial charge < -0.3 is 9.47 Å². The van der Waals surface area contributed by atoms with Gasteiger partial charge in [0.25, 0.3) is 0 Å². The van der Waals surface area contributed by atoms with Crippen LogP contribution in [0.4, 0.5) is 0 Å². The fraction of sp³-hybridized carbons (Fsp3) is 0.905. The normalized spacial score (nSPS) is 21.6. The predicted octanol–water partition coefficient (Wildman–Crippen LogP) is 5.29. The van der Waals surface area contributed by atoms with Crippen molar-refractivity contribution in [2.24, 2.45) is 17.8 Å². The molecule has 1 rings (SSSR count). The molecule has 0 amide bonds. The molecule has 0 aliphatic heterocycles. The zero-order chi connectivity index (χ0) is 18.5. The molecule has 1 fully saturated rings. The van der Waals surface area contributed by atoms with Gasteiger partial charge in [-0.2, -0.15) is 0 Å². The van der Waals surface area contributed by atoms with Crippen LogP contribution in [0.1, 0.15) is 91.4 Å². The third-order valence-electron chi connectivity index (χ3n) is 5.19. The molecule has 1 aliphatic rings. The Balaban J connectivity index is 2.51. The van der Waals surface area contributed by atoms with Crippen LogP contribution < -0.4 is 0 Å². The van der Waals surface area contributed by atoms with E-state index in [0.29, 0.717) is 19.1 Å². The second-order valence-electron chi connectivity index (χ2n) is 7.45. The molecule has 0 aromatic carbocycles. The summed E-state index contributed by atoms with van der Waals surface area (Å²) < 4.78 is 11.0. The van der Waals surface area contributed by atoms with Gasteiger partial charge in [-0.25, -0.2) is 0 Å². The summed E-state index contributed by atoms with van der Waals surface area (Å²) in [7, 11) is 0. The lowest BCUT2D eigenvalue weighted by Crippen LogP contribution is -2.35. The summed E-state index contributed by atoms with van der Waals surface area (Å²) in [5, 5.41) is 0. The molecule has 3 atom stereocenters. The van der Waals surface area contributed by atoms with E-state index in [4.69, 9.17) is 9.47 Å². The molecule has 4 heteroatoms. The van der Waals surface area contributed by atoms with Crippen LogP contribution in [0.3, 0.4) is 0 Å². The van der Waals surface area contributed by atoms with Gasteiger partial charge >= 0.3 is 11.9 Å². The number of unbranched alkanes of at least 4 members (excludes halogenated alkanes) is 2. The van der Waals surface area contributed by atoms with E-state index in [1.165, 1.54) is 19.3 Å². The Morgan fingerprint density at radius 1 is 0.840 bits per heavy atom. The quantitative estimate of drug-likeness (QED) is 0.353. The van der Waals surface area contributed by atoms with Gasteiger partial charge in [-0.15, -0.1) is 0 Å². The lowest BCUT2D eigenvalue weighted by atomic mass is 9.79. The molecule has 0 spiro atoms. The number of ether oxygens (including phenoxy) is 2. The monoisotopic (exact) mass is 354 g/mol. The summed E-state index contributed by atoms with van der Waals surface area (Å²) in [6.45, 7) is 7.30. The molecule has 1 aliphatic carbocycles. The largest absolute Gasteiger partial charge is 0.465 e. The maximum absolute atomic E-state index is 12.6. The second-order valence-corrected chi connectivity index (χ2v) is 7.45. The lowest BCUT2D eigenvalue weighted by molar-refractivity contribution is -0.163. The van der Waals surface area contributed by atoms with Crippen LogP contribution >= 0.6 is 0 Å². The molecule has 0 radical (unpaired) electrons. The molecule has 1 saturated carbocycles. The van der Waals surface area contributed by atoms with E-state index in [1.54, 1.807) is 0 Å². The van der Waals surface area contributed by atoms with E-state index in [2.05, 4.69) is 13.8 Å². The zero-order valence-corrected chi connectivity index (χ0v) is 16.6. The summed E-state index contributed by atoms with van der Waals surface area (Å²) in [4.78, 5) is 24.9. The van der Waals surface area contributed by atoms with E-state index in [1.807, 2.05) is 6.92 Å². The standard InChI is InChI=1S/C21H38O4/c1-4-7-8-12-17(11-5-2)16-25-21(23)19-14-10-9-13-18(19)20(22)24-15-6-3/h17-19H,4-16H2,1-3H3. The Morgan fingerprint density at radius 3 is 2.04 bits per heavy atom.